The van der Waals surface area contributed by atoms with E-state index in [1.165, 1.54) is 28.7 Å². The molecule has 3 nitrogen and oxygen atoms in total. The summed E-state index contributed by atoms with van der Waals surface area (Å²) >= 11 is 0. The van der Waals surface area contributed by atoms with Gasteiger partial charge in [-0.1, -0.05) is 46.6 Å². The molecular formula is C26H44N2O. The predicted molar refractivity (Wildman–Crippen MR) is 127 cm³/mol. The monoisotopic (exact) mass is 400 g/mol. The Morgan fingerprint density at radius 2 is 1.10 bits per heavy atom. The van der Waals surface area contributed by atoms with Gasteiger partial charge in [-0.3, -0.25) is 4.79 Å². The quantitative estimate of drug-likeness (QED) is 0.387. The van der Waals surface area contributed by atoms with Crippen LogP contribution in [-0.2, 0) is 4.79 Å². The van der Waals surface area contributed by atoms with E-state index < -0.39 is 0 Å². The van der Waals surface area contributed by atoms with E-state index in [0.29, 0.717) is 12.3 Å². The molecule has 0 unspecified atom stereocenters. The molecule has 1 rings (SSSR count). The molecule has 0 saturated carbocycles. The van der Waals surface area contributed by atoms with Gasteiger partial charge in [-0.15, -0.1) is 0 Å². The van der Waals surface area contributed by atoms with Gasteiger partial charge in [0.25, 0.3) is 0 Å². The summed E-state index contributed by atoms with van der Waals surface area (Å²) in [6.07, 6.45) is 17.7. The van der Waals surface area contributed by atoms with Gasteiger partial charge in [0.1, 0.15) is 0 Å². The van der Waals surface area contributed by atoms with Crippen LogP contribution in [0, 0.1) is 0 Å². The average molecular weight is 401 g/mol. The number of carbonyl (C=O) groups is 1. The van der Waals surface area contributed by atoms with Gasteiger partial charge >= 0.3 is 0 Å². The van der Waals surface area contributed by atoms with Crippen LogP contribution in [0.1, 0.15) is 86.0 Å². The van der Waals surface area contributed by atoms with Crippen LogP contribution in [0.2, 0.25) is 0 Å². The van der Waals surface area contributed by atoms with Gasteiger partial charge in [0.05, 0.1) is 0 Å². The third-order valence-electron chi connectivity index (χ3n) is 5.47. The molecule has 1 amide bonds. The molecule has 1 N–H and O–H groups in total. The fourth-order valence-electron chi connectivity index (χ4n) is 3.50. The van der Waals surface area contributed by atoms with Crippen molar-refractivity contribution < 1.29 is 4.79 Å². The van der Waals surface area contributed by atoms with E-state index in [2.05, 4.69) is 64.2 Å². The smallest absolute Gasteiger partial charge is 0.222 e. The van der Waals surface area contributed by atoms with Crippen LogP contribution in [0.3, 0.4) is 0 Å². The second-order valence-corrected chi connectivity index (χ2v) is 8.72. The number of nitrogens with one attached hydrogen (secondary N) is 1. The van der Waals surface area contributed by atoms with Gasteiger partial charge in [-0.05, 0) is 79.6 Å². The molecule has 0 radical (unpaired) electrons. The maximum Gasteiger partial charge on any atom is 0.222 e. The molecular weight excluding hydrogens is 356 g/mol. The Morgan fingerprint density at radius 3 is 1.55 bits per heavy atom. The van der Waals surface area contributed by atoms with Crippen LogP contribution in [0.5, 0.6) is 0 Å². The highest BCUT2D eigenvalue weighted by Crippen LogP contribution is 2.14. The second-order valence-electron chi connectivity index (χ2n) is 8.72. The molecule has 164 valence electrons. The molecule has 3 heteroatoms. The first kappa shape index (κ1) is 25.4. The zero-order valence-corrected chi connectivity index (χ0v) is 19.7. The zero-order chi connectivity index (χ0) is 21.5. The Labute approximate surface area is 180 Å². The van der Waals surface area contributed by atoms with Crippen LogP contribution >= 0.6 is 0 Å². The number of hydrogen-bond acceptors (Lipinski definition) is 2. The first-order chi connectivity index (χ1) is 13.9. The minimum absolute atomic E-state index is 0.301. The highest BCUT2D eigenvalue weighted by atomic mass is 16.2. The van der Waals surface area contributed by atoms with Crippen molar-refractivity contribution in [3.8, 4) is 0 Å². The van der Waals surface area contributed by atoms with Gasteiger partial charge in [0, 0.05) is 32.6 Å². The highest BCUT2D eigenvalue weighted by molar-refractivity contribution is 5.76. The van der Waals surface area contributed by atoms with Crippen LogP contribution < -0.4 is 5.32 Å². The Morgan fingerprint density at radius 1 is 0.690 bits per heavy atom. The second kappa shape index (κ2) is 15.3. The van der Waals surface area contributed by atoms with Crippen molar-refractivity contribution in [3.63, 3.8) is 0 Å². The normalized spacial score (nSPS) is 16.2. The summed E-state index contributed by atoms with van der Waals surface area (Å²) in [6.45, 7) is 14.6. The minimum atomic E-state index is 0.301. The summed E-state index contributed by atoms with van der Waals surface area (Å²) in [5.74, 6) is 0.301. The van der Waals surface area contributed by atoms with Crippen LogP contribution in [0.4, 0.5) is 0 Å². The van der Waals surface area contributed by atoms with E-state index >= 15 is 0 Å². The largest absolute Gasteiger partial charge is 0.340 e. The summed E-state index contributed by atoms with van der Waals surface area (Å²) in [4.78, 5) is 14.2. The lowest BCUT2D eigenvalue weighted by Crippen LogP contribution is -2.46. The number of amides is 1. The number of piperazine rings is 1. The summed E-state index contributed by atoms with van der Waals surface area (Å²) in [5, 5.41) is 3.29. The Balaban J connectivity index is 2.19. The van der Waals surface area contributed by atoms with Gasteiger partial charge in [-0.2, -0.15) is 0 Å². The number of rotatable bonds is 12. The molecule has 1 fully saturated rings. The summed E-state index contributed by atoms with van der Waals surface area (Å²) in [5.41, 5.74) is 5.80. The lowest BCUT2D eigenvalue weighted by atomic mass is 10.0. The molecule has 1 aliphatic rings. The lowest BCUT2D eigenvalue weighted by molar-refractivity contribution is -0.131. The molecule has 0 bridgehead atoms. The standard InChI is InChI=1S/C26H44N2O/c1-22(2)10-6-11-23(3)12-7-13-24(4)14-8-15-25(5)16-9-17-26(29)28-20-18-27-19-21-28/h10,12,14,16,27H,6-9,11,13,15,17-21H2,1-5H3. The van der Waals surface area contributed by atoms with Gasteiger partial charge in [0.15, 0.2) is 0 Å². The van der Waals surface area contributed by atoms with Gasteiger partial charge in [-0.25, -0.2) is 0 Å². The number of hydrogen-bond donors (Lipinski definition) is 1. The molecule has 1 aliphatic heterocycles. The van der Waals surface area contributed by atoms with Crippen molar-refractivity contribution in [3.05, 3.63) is 46.6 Å². The Hall–Kier alpha value is -1.61. The van der Waals surface area contributed by atoms with Crippen LogP contribution in [0.15, 0.2) is 46.6 Å². The van der Waals surface area contributed by atoms with E-state index in [1.807, 2.05) is 4.90 Å². The number of nitrogens with zero attached hydrogens (tertiary/aromatic N) is 1. The van der Waals surface area contributed by atoms with Crippen molar-refractivity contribution in [2.45, 2.75) is 86.0 Å². The molecule has 0 aromatic rings. The lowest BCUT2D eigenvalue weighted by Gasteiger charge is -2.27. The van der Waals surface area contributed by atoms with E-state index in [1.54, 1.807) is 0 Å². The fourth-order valence-corrected chi connectivity index (χ4v) is 3.50. The molecule has 1 saturated heterocycles. The third-order valence-corrected chi connectivity index (χ3v) is 5.47. The summed E-state index contributed by atoms with van der Waals surface area (Å²) in [6, 6.07) is 0. The number of allylic oxidation sites excluding steroid dienone is 8. The maximum atomic E-state index is 12.2. The SMILES string of the molecule is CC(C)=CCCC(C)=CCCC(C)=CCCC(C)=CCCC(=O)N1CCNCC1. The Kier molecular flexibility index (Phi) is 13.4. The molecule has 0 aromatic heterocycles. The van der Waals surface area contributed by atoms with E-state index in [-0.39, 0.29) is 0 Å². The molecule has 0 aliphatic carbocycles. The van der Waals surface area contributed by atoms with Crippen molar-refractivity contribution in [1.82, 2.24) is 10.2 Å². The fraction of sp³-hybridized carbons (Fsp3) is 0.654. The van der Waals surface area contributed by atoms with Crippen molar-refractivity contribution >= 4 is 5.91 Å². The minimum Gasteiger partial charge on any atom is -0.340 e. The van der Waals surface area contributed by atoms with Gasteiger partial charge in [0.2, 0.25) is 5.91 Å². The van der Waals surface area contributed by atoms with Crippen molar-refractivity contribution in [1.29, 1.82) is 0 Å². The molecule has 0 aromatic carbocycles. The first-order valence-corrected chi connectivity index (χ1v) is 11.5. The average Bonchev–Trinajstić information content (AvgIpc) is 2.68. The van der Waals surface area contributed by atoms with Crippen molar-refractivity contribution in [2.24, 2.45) is 0 Å². The van der Waals surface area contributed by atoms with Crippen LogP contribution in [-0.4, -0.2) is 37.0 Å². The number of carbonyl (C=O) groups excluding carboxylic acids is 1. The van der Waals surface area contributed by atoms with E-state index in [0.717, 1.165) is 64.7 Å². The maximum absolute atomic E-state index is 12.2. The van der Waals surface area contributed by atoms with Crippen LogP contribution in [0.25, 0.3) is 0 Å². The summed E-state index contributed by atoms with van der Waals surface area (Å²) < 4.78 is 0. The van der Waals surface area contributed by atoms with E-state index in [9.17, 15) is 4.79 Å². The third kappa shape index (κ3) is 13.3. The van der Waals surface area contributed by atoms with E-state index in [4.69, 9.17) is 0 Å². The molecule has 1 heterocycles. The molecule has 0 atom stereocenters. The summed E-state index contributed by atoms with van der Waals surface area (Å²) in [7, 11) is 0. The zero-order valence-electron chi connectivity index (χ0n) is 19.7. The topological polar surface area (TPSA) is 32.3 Å². The first-order valence-electron chi connectivity index (χ1n) is 11.5. The van der Waals surface area contributed by atoms with Crippen molar-refractivity contribution in [2.75, 3.05) is 26.2 Å². The molecule has 0 spiro atoms. The highest BCUT2D eigenvalue weighted by Gasteiger charge is 2.14. The Bertz CT molecular complexity index is 600. The molecule has 29 heavy (non-hydrogen) atoms. The van der Waals surface area contributed by atoms with Gasteiger partial charge < -0.3 is 10.2 Å². The predicted octanol–water partition coefficient (Wildman–Crippen LogP) is 6.34.